The van der Waals surface area contributed by atoms with Crippen LogP contribution in [-0.2, 0) is 16.1 Å². The van der Waals surface area contributed by atoms with E-state index in [1.165, 1.54) is 7.11 Å². The van der Waals surface area contributed by atoms with E-state index in [9.17, 15) is 9.59 Å². The number of hydrogen-bond donors (Lipinski definition) is 1. The first kappa shape index (κ1) is 21.4. The fourth-order valence-corrected chi connectivity index (χ4v) is 2.73. The molecule has 2 rings (SSSR count). The number of methoxy groups -OCH3 is 1. The van der Waals surface area contributed by atoms with Crippen molar-refractivity contribution in [3.8, 4) is 0 Å². The monoisotopic (exact) mass is 383 g/mol. The van der Waals surface area contributed by atoms with E-state index in [0.717, 1.165) is 24.3 Å². The van der Waals surface area contributed by atoms with Crippen molar-refractivity contribution in [2.75, 3.05) is 39.2 Å². The van der Waals surface area contributed by atoms with Gasteiger partial charge in [0, 0.05) is 32.4 Å². The highest BCUT2D eigenvalue weighted by molar-refractivity contribution is 5.89. The third kappa shape index (κ3) is 6.09. The van der Waals surface area contributed by atoms with Crippen molar-refractivity contribution in [1.29, 1.82) is 0 Å². The van der Waals surface area contributed by atoms with Crippen molar-refractivity contribution in [2.45, 2.75) is 19.5 Å². The van der Waals surface area contributed by atoms with Gasteiger partial charge in [0.05, 0.1) is 18.7 Å². The van der Waals surface area contributed by atoms with E-state index < -0.39 is 0 Å². The SMILES string of the molecule is COC(=O)c1ccc(CNC(=O)C(C)N(C)CCN(C)c2ccccc2)cc1. The highest BCUT2D eigenvalue weighted by atomic mass is 16.5. The van der Waals surface area contributed by atoms with Gasteiger partial charge in [0.1, 0.15) is 0 Å². The van der Waals surface area contributed by atoms with Gasteiger partial charge in [0.25, 0.3) is 0 Å². The van der Waals surface area contributed by atoms with Crippen LogP contribution in [0.4, 0.5) is 5.69 Å². The van der Waals surface area contributed by atoms with Gasteiger partial charge in [0.2, 0.25) is 5.91 Å². The molecule has 0 bridgehead atoms. The zero-order valence-corrected chi connectivity index (χ0v) is 17.0. The van der Waals surface area contributed by atoms with Crippen LogP contribution in [0.25, 0.3) is 0 Å². The summed E-state index contributed by atoms with van der Waals surface area (Å²) >= 11 is 0. The minimum atomic E-state index is -0.369. The minimum Gasteiger partial charge on any atom is -0.465 e. The molecule has 0 fully saturated rings. The molecule has 2 aromatic carbocycles. The summed E-state index contributed by atoms with van der Waals surface area (Å²) in [5.74, 6) is -0.395. The van der Waals surface area contributed by atoms with Gasteiger partial charge in [-0.15, -0.1) is 0 Å². The van der Waals surface area contributed by atoms with Crippen LogP contribution in [0.2, 0.25) is 0 Å². The van der Waals surface area contributed by atoms with E-state index in [4.69, 9.17) is 0 Å². The summed E-state index contributed by atoms with van der Waals surface area (Å²) in [7, 11) is 5.35. The summed E-state index contributed by atoms with van der Waals surface area (Å²) in [6.07, 6.45) is 0. The Labute approximate surface area is 167 Å². The number of esters is 1. The predicted molar refractivity (Wildman–Crippen MR) is 111 cm³/mol. The third-order valence-corrected chi connectivity index (χ3v) is 4.87. The molecule has 2 aromatic rings. The molecule has 1 atom stereocenters. The number of benzene rings is 2. The van der Waals surface area contributed by atoms with Crippen molar-refractivity contribution >= 4 is 17.6 Å². The quantitative estimate of drug-likeness (QED) is 0.675. The first-order chi connectivity index (χ1) is 13.4. The maximum atomic E-state index is 12.5. The average molecular weight is 383 g/mol. The maximum absolute atomic E-state index is 12.5. The summed E-state index contributed by atoms with van der Waals surface area (Å²) < 4.78 is 4.68. The number of nitrogens with one attached hydrogen (secondary N) is 1. The van der Waals surface area contributed by atoms with E-state index in [1.807, 2.05) is 56.3 Å². The second-order valence-electron chi connectivity index (χ2n) is 6.82. The zero-order valence-electron chi connectivity index (χ0n) is 17.0. The molecule has 1 N–H and O–H groups in total. The lowest BCUT2D eigenvalue weighted by Crippen LogP contribution is -2.45. The van der Waals surface area contributed by atoms with Crippen molar-refractivity contribution in [3.05, 3.63) is 65.7 Å². The highest BCUT2D eigenvalue weighted by Gasteiger charge is 2.18. The molecular formula is C22H29N3O3. The number of rotatable bonds is 9. The number of para-hydroxylation sites is 1. The molecule has 0 heterocycles. The molecule has 0 aliphatic heterocycles. The van der Waals surface area contributed by atoms with Gasteiger partial charge in [-0.2, -0.15) is 0 Å². The molecule has 0 spiro atoms. The second-order valence-corrected chi connectivity index (χ2v) is 6.82. The molecule has 0 aromatic heterocycles. The van der Waals surface area contributed by atoms with Gasteiger partial charge in [0.15, 0.2) is 0 Å². The molecule has 6 nitrogen and oxygen atoms in total. The van der Waals surface area contributed by atoms with Crippen molar-refractivity contribution in [1.82, 2.24) is 10.2 Å². The minimum absolute atomic E-state index is 0.0260. The number of ether oxygens (including phenoxy) is 1. The third-order valence-electron chi connectivity index (χ3n) is 4.87. The number of likely N-dealkylation sites (N-methyl/N-ethyl adjacent to an activating group) is 2. The Morgan fingerprint density at radius 2 is 1.64 bits per heavy atom. The van der Waals surface area contributed by atoms with Gasteiger partial charge in [-0.05, 0) is 43.8 Å². The van der Waals surface area contributed by atoms with E-state index in [-0.39, 0.29) is 17.9 Å². The van der Waals surface area contributed by atoms with Crippen LogP contribution in [0.3, 0.4) is 0 Å². The number of nitrogens with zero attached hydrogens (tertiary/aromatic N) is 2. The first-order valence-electron chi connectivity index (χ1n) is 9.33. The van der Waals surface area contributed by atoms with Gasteiger partial charge < -0.3 is 15.0 Å². The van der Waals surface area contributed by atoms with Crippen LogP contribution in [-0.4, -0.2) is 57.1 Å². The standard InChI is InChI=1S/C22H29N3O3/c1-17(24(2)14-15-25(3)20-8-6-5-7-9-20)21(26)23-16-18-10-12-19(13-11-18)22(27)28-4/h5-13,17H,14-16H2,1-4H3,(H,23,26). The molecule has 6 heteroatoms. The molecule has 0 saturated heterocycles. The molecule has 0 saturated carbocycles. The Kier molecular flexibility index (Phi) is 8.02. The average Bonchev–Trinajstić information content (AvgIpc) is 2.75. The molecule has 0 aliphatic carbocycles. The Morgan fingerprint density at radius 1 is 1.00 bits per heavy atom. The lowest BCUT2D eigenvalue weighted by atomic mass is 10.1. The van der Waals surface area contributed by atoms with Crippen LogP contribution in [0, 0.1) is 0 Å². The number of carbonyl (C=O) groups excluding carboxylic acids is 2. The molecule has 0 radical (unpaired) electrons. The number of amides is 1. The van der Waals surface area contributed by atoms with E-state index in [0.29, 0.717) is 12.1 Å². The van der Waals surface area contributed by atoms with Crippen LogP contribution in [0.1, 0.15) is 22.8 Å². The largest absolute Gasteiger partial charge is 0.465 e. The van der Waals surface area contributed by atoms with E-state index >= 15 is 0 Å². The Hall–Kier alpha value is -2.86. The molecule has 1 unspecified atom stereocenters. The number of anilines is 1. The lowest BCUT2D eigenvalue weighted by Gasteiger charge is -2.27. The summed E-state index contributed by atoms with van der Waals surface area (Å²) in [5, 5.41) is 2.95. The number of carbonyl (C=O) groups is 2. The van der Waals surface area contributed by atoms with E-state index in [2.05, 4.69) is 27.1 Å². The Balaban J connectivity index is 1.79. The second kappa shape index (κ2) is 10.5. The van der Waals surface area contributed by atoms with Crippen LogP contribution in [0.15, 0.2) is 54.6 Å². The van der Waals surface area contributed by atoms with Crippen molar-refractivity contribution in [2.24, 2.45) is 0 Å². The van der Waals surface area contributed by atoms with Crippen LogP contribution >= 0.6 is 0 Å². The van der Waals surface area contributed by atoms with Gasteiger partial charge in [-0.3, -0.25) is 9.69 Å². The Morgan fingerprint density at radius 3 is 2.25 bits per heavy atom. The summed E-state index contributed by atoms with van der Waals surface area (Å²) in [4.78, 5) is 28.1. The molecule has 28 heavy (non-hydrogen) atoms. The van der Waals surface area contributed by atoms with E-state index in [1.54, 1.807) is 12.1 Å². The fraction of sp³-hybridized carbons (Fsp3) is 0.364. The van der Waals surface area contributed by atoms with Crippen LogP contribution < -0.4 is 10.2 Å². The molecule has 0 aliphatic rings. The van der Waals surface area contributed by atoms with Gasteiger partial charge in [-0.25, -0.2) is 4.79 Å². The molecule has 1 amide bonds. The maximum Gasteiger partial charge on any atom is 0.337 e. The van der Waals surface area contributed by atoms with Gasteiger partial charge in [-0.1, -0.05) is 30.3 Å². The van der Waals surface area contributed by atoms with Gasteiger partial charge >= 0.3 is 5.97 Å². The normalized spacial score (nSPS) is 11.8. The molecular weight excluding hydrogens is 354 g/mol. The Bertz CT molecular complexity index is 762. The lowest BCUT2D eigenvalue weighted by molar-refractivity contribution is -0.125. The zero-order chi connectivity index (χ0) is 20.5. The fourth-order valence-electron chi connectivity index (χ4n) is 2.73. The topological polar surface area (TPSA) is 61.9 Å². The summed E-state index contributed by atoms with van der Waals surface area (Å²) in [6, 6.07) is 17.0. The van der Waals surface area contributed by atoms with Crippen LogP contribution in [0.5, 0.6) is 0 Å². The number of hydrogen-bond acceptors (Lipinski definition) is 5. The first-order valence-corrected chi connectivity index (χ1v) is 9.33. The van der Waals surface area contributed by atoms with Crippen molar-refractivity contribution in [3.63, 3.8) is 0 Å². The molecule has 150 valence electrons. The smallest absolute Gasteiger partial charge is 0.337 e. The van der Waals surface area contributed by atoms with Crippen molar-refractivity contribution < 1.29 is 14.3 Å². The predicted octanol–water partition coefficient (Wildman–Crippen LogP) is 2.55. The summed E-state index contributed by atoms with van der Waals surface area (Å²) in [5.41, 5.74) is 2.58. The highest BCUT2D eigenvalue weighted by Crippen LogP contribution is 2.11. The summed E-state index contributed by atoms with van der Waals surface area (Å²) in [6.45, 7) is 3.92.